The van der Waals surface area contributed by atoms with Crippen LogP contribution in [0.2, 0.25) is 0 Å². The van der Waals surface area contributed by atoms with Gasteiger partial charge in [0, 0.05) is 11.1 Å². The number of nitrogens with zero attached hydrogens (tertiary/aromatic N) is 1. The van der Waals surface area contributed by atoms with Gasteiger partial charge >= 0.3 is 0 Å². The van der Waals surface area contributed by atoms with E-state index in [1.807, 2.05) is 13.1 Å². The summed E-state index contributed by atoms with van der Waals surface area (Å²) in [6, 6.07) is 0.0448. The van der Waals surface area contributed by atoms with Crippen molar-refractivity contribution in [1.82, 2.24) is 10.3 Å². The number of hydrogen-bond donors (Lipinski definition) is 2. The molecule has 1 aromatic heterocycles. The first kappa shape index (κ1) is 15.0. The summed E-state index contributed by atoms with van der Waals surface area (Å²) in [6.45, 7) is 2.04. The number of thiazole rings is 1. The standard InChI is InChI=1S/C16H24N2O2S/c1-11-10-17-15(21-11)14(12-5-6-12)18-13(19)9-16(20)7-3-2-4-8-16/h10,12,14,20H,2-9H2,1H3,(H,18,19). The summed E-state index contributed by atoms with van der Waals surface area (Å²) in [5, 5.41) is 14.7. The summed E-state index contributed by atoms with van der Waals surface area (Å²) in [6.07, 6.45) is 9.17. The molecule has 2 saturated carbocycles. The molecule has 2 fully saturated rings. The van der Waals surface area contributed by atoms with Crippen molar-refractivity contribution in [2.45, 2.75) is 69.9 Å². The molecule has 1 atom stereocenters. The van der Waals surface area contributed by atoms with Gasteiger partial charge < -0.3 is 10.4 Å². The topological polar surface area (TPSA) is 62.2 Å². The molecule has 0 radical (unpaired) electrons. The van der Waals surface area contributed by atoms with Crippen molar-refractivity contribution in [3.63, 3.8) is 0 Å². The number of aromatic nitrogens is 1. The summed E-state index contributed by atoms with van der Waals surface area (Å²) in [5.74, 6) is 0.504. The van der Waals surface area contributed by atoms with Crippen molar-refractivity contribution in [3.8, 4) is 0 Å². The maximum absolute atomic E-state index is 12.3. The monoisotopic (exact) mass is 308 g/mol. The van der Waals surface area contributed by atoms with Gasteiger partial charge in [-0.2, -0.15) is 0 Å². The zero-order valence-corrected chi connectivity index (χ0v) is 13.4. The van der Waals surface area contributed by atoms with E-state index in [-0.39, 0.29) is 18.4 Å². The Balaban J connectivity index is 1.61. The zero-order chi connectivity index (χ0) is 14.9. The van der Waals surface area contributed by atoms with Gasteiger partial charge in [-0.05, 0) is 38.5 Å². The van der Waals surface area contributed by atoms with E-state index in [1.165, 1.54) is 11.3 Å². The lowest BCUT2D eigenvalue weighted by molar-refractivity contribution is -0.128. The maximum atomic E-state index is 12.3. The number of hydrogen-bond acceptors (Lipinski definition) is 4. The van der Waals surface area contributed by atoms with E-state index >= 15 is 0 Å². The minimum atomic E-state index is -0.783. The Kier molecular flexibility index (Phi) is 4.31. The van der Waals surface area contributed by atoms with E-state index < -0.39 is 5.60 Å². The number of amides is 1. The molecule has 1 amide bonds. The van der Waals surface area contributed by atoms with Gasteiger partial charge in [-0.25, -0.2) is 4.98 Å². The number of aliphatic hydroxyl groups is 1. The van der Waals surface area contributed by atoms with Gasteiger partial charge in [0.1, 0.15) is 5.01 Å². The lowest BCUT2D eigenvalue weighted by Gasteiger charge is -2.32. The smallest absolute Gasteiger partial charge is 0.223 e. The highest BCUT2D eigenvalue weighted by atomic mass is 32.1. The summed E-state index contributed by atoms with van der Waals surface area (Å²) >= 11 is 1.66. The fourth-order valence-corrected chi connectivity index (χ4v) is 4.16. The van der Waals surface area contributed by atoms with Crippen LogP contribution in [0.15, 0.2) is 6.20 Å². The Morgan fingerprint density at radius 2 is 2.19 bits per heavy atom. The molecule has 1 unspecified atom stereocenters. The van der Waals surface area contributed by atoms with Crippen LogP contribution in [0.25, 0.3) is 0 Å². The number of carbonyl (C=O) groups is 1. The average Bonchev–Trinajstić information content (AvgIpc) is 3.18. The van der Waals surface area contributed by atoms with Crippen LogP contribution >= 0.6 is 11.3 Å². The van der Waals surface area contributed by atoms with Gasteiger partial charge in [-0.3, -0.25) is 4.79 Å². The van der Waals surface area contributed by atoms with Crippen molar-refractivity contribution in [1.29, 1.82) is 0 Å². The van der Waals surface area contributed by atoms with Crippen molar-refractivity contribution >= 4 is 17.2 Å². The summed E-state index contributed by atoms with van der Waals surface area (Å²) in [4.78, 5) is 18.0. The van der Waals surface area contributed by atoms with E-state index in [4.69, 9.17) is 0 Å². The van der Waals surface area contributed by atoms with Crippen LogP contribution in [-0.2, 0) is 4.79 Å². The Morgan fingerprint density at radius 3 is 2.76 bits per heavy atom. The largest absolute Gasteiger partial charge is 0.389 e. The SMILES string of the molecule is Cc1cnc(C(NC(=O)CC2(O)CCCCC2)C2CC2)s1. The molecule has 21 heavy (non-hydrogen) atoms. The van der Waals surface area contributed by atoms with Crippen molar-refractivity contribution in [3.05, 3.63) is 16.1 Å². The first-order valence-electron chi connectivity index (χ1n) is 8.00. The third kappa shape index (κ3) is 3.83. The lowest BCUT2D eigenvalue weighted by atomic mass is 9.82. The summed E-state index contributed by atoms with van der Waals surface area (Å²) in [7, 11) is 0. The van der Waals surface area contributed by atoms with Crippen molar-refractivity contribution in [2.24, 2.45) is 5.92 Å². The normalized spacial score (nSPS) is 22.8. The molecule has 0 saturated heterocycles. The first-order chi connectivity index (χ1) is 10.1. The van der Waals surface area contributed by atoms with Crippen LogP contribution in [-0.4, -0.2) is 21.6 Å². The molecule has 5 heteroatoms. The Morgan fingerprint density at radius 1 is 1.48 bits per heavy atom. The molecule has 0 aromatic carbocycles. The van der Waals surface area contributed by atoms with E-state index in [0.29, 0.717) is 5.92 Å². The van der Waals surface area contributed by atoms with Gasteiger partial charge in [0.25, 0.3) is 0 Å². The Labute approximate surface area is 130 Å². The quantitative estimate of drug-likeness (QED) is 0.878. The first-order valence-corrected chi connectivity index (χ1v) is 8.81. The number of rotatable bonds is 5. The molecule has 1 heterocycles. The zero-order valence-electron chi connectivity index (χ0n) is 12.6. The molecule has 0 aliphatic heterocycles. The molecule has 0 bridgehead atoms. The fraction of sp³-hybridized carbons (Fsp3) is 0.750. The van der Waals surface area contributed by atoms with E-state index in [2.05, 4.69) is 10.3 Å². The van der Waals surface area contributed by atoms with Crippen molar-refractivity contribution < 1.29 is 9.90 Å². The maximum Gasteiger partial charge on any atom is 0.223 e. The Bertz CT molecular complexity index is 504. The molecular formula is C16H24N2O2S. The van der Waals surface area contributed by atoms with Gasteiger partial charge in [0.2, 0.25) is 5.91 Å². The minimum absolute atomic E-state index is 0.0239. The number of aryl methyl sites for hydroxylation is 1. The van der Waals surface area contributed by atoms with Crippen LogP contribution in [0, 0.1) is 12.8 Å². The highest BCUT2D eigenvalue weighted by Gasteiger charge is 2.37. The third-order valence-corrected chi connectivity index (χ3v) is 5.58. The second kappa shape index (κ2) is 6.05. The minimum Gasteiger partial charge on any atom is -0.389 e. The van der Waals surface area contributed by atoms with Gasteiger partial charge in [-0.1, -0.05) is 19.3 Å². The molecular weight excluding hydrogens is 284 g/mol. The molecule has 1 aromatic rings. The Hall–Kier alpha value is -0.940. The lowest BCUT2D eigenvalue weighted by Crippen LogP contribution is -2.40. The van der Waals surface area contributed by atoms with Crippen LogP contribution in [0.3, 0.4) is 0 Å². The van der Waals surface area contributed by atoms with Crippen LogP contribution in [0.5, 0.6) is 0 Å². The second-order valence-electron chi connectivity index (χ2n) is 6.65. The molecule has 116 valence electrons. The van der Waals surface area contributed by atoms with Gasteiger partial charge in [0.05, 0.1) is 18.1 Å². The highest BCUT2D eigenvalue weighted by molar-refractivity contribution is 7.11. The number of carbonyl (C=O) groups excluding carboxylic acids is 1. The number of nitrogens with one attached hydrogen (secondary N) is 1. The van der Waals surface area contributed by atoms with Crippen LogP contribution in [0.1, 0.15) is 67.3 Å². The predicted molar refractivity (Wildman–Crippen MR) is 83.1 cm³/mol. The summed E-state index contributed by atoms with van der Waals surface area (Å²) < 4.78 is 0. The average molecular weight is 308 g/mol. The van der Waals surface area contributed by atoms with E-state index in [9.17, 15) is 9.90 Å². The fourth-order valence-electron chi connectivity index (χ4n) is 3.24. The summed E-state index contributed by atoms with van der Waals surface area (Å²) in [5.41, 5.74) is -0.783. The molecule has 3 rings (SSSR count). The molecule has 2 aliphatic carbocycles. The van der Waals surface area contributed by atoms with E-state index in [0.717, 1.165) is 43.5 Å². The molecule has 4 nitrogen and oxygen atoms in total. The molecule has 2 aliphatic rings. The van der Waals surface area contributed by atoms with Gasteiger partial charge in [0.15, 0.2) is 0 Å². The molecule has 2 N–H and O–H groups in total. The van der Waals surface area contributed by atoms with Gasteiger partial charge in [-0.15, -0.1) is 11.3 Å². The van der Waals surface area contributed by atoms with Crippen LogP contribution < -0.4 is 5.32 Å². The predicted octanol–water partition coefficient (Wildman–Crippen LogP) is 3.10. The highest BCUT2D eigenvalue weighted by Crippen LogP contribution is 2.42. The third-order valence-electron chi connectivity index (χ3n) is 4.59. The van der Waals surface area contributed by atoms with Crippen molar-refractivity contribution in [2.75, 3.05) is 0 Å². The molecule has 0 spiro atoms. The van der Waals surface area contributed by atoms with E-state index in [1.54, 1.807) is 11.3 Å². The second-order valence-corrected chi connectivity index (χ2v) is 7.92. The van der Waals surface area contributed by atoms with Crippen LogP contribution in [0.4, 0.5) is 0 Å².